The van der Waals surface area contributed by atoms with E-state index >= 15 is 0 Å². The summed E-state index contributed by atoms with van der Waals surface area (Å²) in [7, 11) is 0. The Morgan fingerprint density at radius 2 is 0.983 bits per heavy atom. The fourth-order valence-electron chi connectivity index (χ4n) is 5.43. The van der Waals surface area contributed by atoms with Crippen molar-refractivity contribution in [2.45, 2.75) is 224 Å². The standard InChI is InChI=1S/C42H77NO9.4C2H6/c1-5-9-11-13-15-16-17-18-19-20-21-22-23-24-26-29-39(44)50-35-38(37-52-42(47)49-34-28-32-43(7-3)8-4)36-51-41(46)31-30-40(45)48-33-27-25-14-12-10-6-2;4*1-2/h15-16,18-19,38,40,45H,5-14,17,20-37H2,1-4H3;4*1-2H3/b16-15-,19-18-;;;;. The van der Waals surface area contributed by atoms with Gasteiger partial charge in [-0.1, -0.05) is 172 Å². The van der Waals surface area contributed by atoms with Crippen LogP contribution in [0.3, 0.4) is 0 Å². The first-order chi connectivity index (χ1) is 29.4. The maximum Gasteiger partial charge on any atom is 0.508 e. The number of aliphatic hydroxyl groups is 1. The van der Waals surface area contributed by atoms with Gasteiger partial charge in [0.2, 0.25) is 0 Å². The van der Waals surface area contributed by atoms with Gasteiger partial charge in [-0.2, -0.15) is 0 Å². The van der Waals surface area contributed by atoms with Gasteiger partial charge >= 0.3 is 18.1 Å². The Balaban J connectivity index is -0.00000118. The summed E-state index contributed by atoms with van der Waals surface area (Å²) in [5.74, 6) is -1.39. The first-order valence-electron chi connectivity index (χ1n) is 24.8. The van der Waals surface area contributed by atoms with Gasteiger partial charge in [-0.15, -0.1) is 0 Å². The van der Waals surface area contributed by atoms with Gasteiger partial charge in [0.25, 0.3) is 0 Å². The van der Waals surface area contributed by atoms with Gasteiger partial charge < -0.3 is 33.7 Å². The van der Waals surface area contributed by atoms with Crippen LogP contribution >= 0.6 is 0 Å². The van der Waals surface area contributed by atoms with Crippen molar-refractivity contribution in [2.75, 3.05) is 52.7 Å². The summed E-state index contributed by atoms with van der Waals surface area (Å²) in [6.45, 7) is 27.7. The Morgan fingerprint density at radius 1 is 0.517 bits per heavy atom. The van der Waals surface area contributed by atoms with E-state index in [2.05, 4.69) is 56.9 Å². The van der Waals surface area contributed by atoms with Gasteiger partial charge in [-0.05, 0) is 64.5 Å². The fourth-order valence-corrected chi connectivity index (χ4v) is 5.43. The van der Waals surface area contributed by atoms with Gasteiger partial charge in [-0.3, -0.25) is 9.59 Å². The average Bonchev–Trinajstić information content (AvgIpc) is 3.29. The highest BCUT2D eigenvalue weighted by atomic mass is 16.7. The van der Waals surface area contributed by atoms with E-state index in [1.54, 1.807) is 0 Å². The zero-order chi connectivity index (χ0) is 46.3. The molecule has 0 saturated carbocycles. The largest absolute Gasteiger partial charge is 0.508 e. The highest BCUT2D eigenvalue weighted by Gasteiger charge is 2.19. The maximum atomic E-state index is 12.5. The van der Waals surface area contributed by atoms with Crippen LogP contribution in [0.25, 0.3) is 0 Å². The van der Waals surface area contributed by atoms with Crippen LogP contribution in [-0.4, -0.2) is 87.1 Å². The highest BCUT2D eigenvalue weighted by molar-refractivity contribution is 5.69. The monoisotopic (exact) mass is 860 g/mol. The fraction of sp³-hybridized carbons (Fsp3) is 0.860. The van der Waals surface area contributed by atoms with Gasteiger partial charge in [0.15, 0.2) is 6.29 Å². The summed E-state index contributed by atoms with van der Waals surface area (Å²) in [4.78, 5) is 39.3. The third-order valence-corrected chi connectivity index (χ3v) is 8.87. The molecule has 10 heteroatoms. The zero-order valence-corrected chi connectivity index (χ0v) is 41.6. The number of esters is 2. The lowest BCUT2D eigenvalue weighted by molar-refractivity contribution is -0.153. The SMILES string of the molecule is CC.CC.CC.CC.CCCCC/C=C\C/C=C\CCCCCCCC(=O)OCC(COC(=O)CCC(O)OCCCCCCCC)COC(=O)OCCCN(CC)CC. The Kier molecular flexibility index (Phi) is 67.6. The van der Waals surface area contributed by atoms with Crippen molar-refractivity contribution in [3.8, 4) is 0 Å². The second kappa shape index (κ2) is 60.9. The van der Waals surface area contributed by atoms with E-state index in [4.69, 9.17) is 23.7 Å². The molecule has 60 heavy (non-hydrogen) atoms. The second-order valence-corrected chi connectivity index (χ2v) is 13.6. The van der Waals surface area contributed by atoms with Crippen LogP contribution in [0.15, 0.2) is 24.3 Å². The van der Waals surface area contributed by atoms with E-state index in [0.29, 0.717) is 19.4 Å². The number of allylic oxidation sites excluding steroid dienone is 4. The number of unbranched alkanes of at least 4 members (excludes halogenated alkanes) is 13. The molecule has 1 N–H and O–H groups in total. The van der Waals surface area contributed by atoms with Crippen molar-refractivity contribution in [1.29, 1.82) is 0 Å². The summed E-state index contributed by atoms with van der Waals surface area (Å²) < 4.78 is 26.8. The summed E-state index contributed by atoms with van der Waals surface area (Å²) in [5.41, 5.74) is 0. The molecule has 10 nitrogen and oxygen atoms in total. The Labute approximate surface area is 372 Å². The van der Waals surface area contributed by atoms with Crippen molar-refractivity contribution in [2.24, 2.45) is 5.92 Å². The highest BCUT2D eigenvalue weighted by Crippen LogP contribution is 2.11. The molecule has 0 aromatic rings. The number of hydrogen-bond acceptors (Lipinski definition) is 10. The molecule has 0 aromatic carbocycles. The van der Waals surface area contributed by atoms with Crippen LogP contribution in [0, 0.1) is 5.92 Å². The van der Waals surface area contributed by atoms with E-state index in [1.807, 2.05) is 55.4 Å². The van der Waals surface area contributed by atoms with Crippen molar-refractivity contribution in [1.82, 2.24) is 4.90 Å². The molecule has 0 spiro atoms. The second-order valence-electron chi connectivity index (χ2n) is 13.6. The van der Waals surface area contributed by atoms with Crippen LogP contribution in [0.5, 0.6) is 0 Å². The molecule has 2 atom stereocenters. The van der Waals surface area contributed by atoms with Crippen molar-refractivity contribution >= 4 is 18.1 Å². The van der Waals surface area contributed by atoms with Crippen molar-refractivity contribution in [3.63, 3.8) is 0 Å². The lowest BCUT2D eigenvalue weighted by atomic mass is 10.1. The van der Waals surface area contributed by atoms with E-state index < -0.39 is 24.3 Å². The number of carbonyl (C=O) groups excluding carboxylic acids is 3. The number of hydrogen-bond donors (Lipinski definition) is 1. The summed E-state index contributed by atoms with van der Waals surface area (Å²) >= 11 is 0. The molecule has 2 unspecified atom stereocenters. The van der Waals surface area contributed by atoms with E-state index in [0.717, 1.165) is 83.8 Å². The number of carbonyl (C=O) groups is 3. The Bertz CT molecular complexity index is 893. The minimum Gasteiger partial charge on any atom is -0.465 e. The number of ether oxygens (including phenoxy) is 5. The number of nitrogens with zero attached hydrogens (tertiary/aromatic N) is 1. The molecule has 0 aromatic heterocycles. The molecular formula is C50H101NO9. The smallest absolute Gasteiger partial charge is 0.465 e. The molecule has 0 saturated heterocycles. The molecular weight excluding hydrogens is 759 g/mol. The topological polar surface area (TPSA) is 121 Å². The summed E-state index contributed by atoms with van der Waals surface area (Å²) in [5, 5.41) is 10.1. The van der Waals surface area contributed by atoms with Gasteiger partial charge in [-0.25, -0.2) is 4.79 Å². The van der Waals surface area contributed by atoms with Crippen LogP contribution in [0.1, 0.15) is 218 Å². The lowest BCUT2D eigenvalue weighted by Crippen LogP contribution is -2.27. The first-order valence-corrected chi connectivity index (χ1v) is 24.8. The first kappa shape index (κ1) is 66.7. The number of aliphatic hydroxyl groups excluding tert-OH is 1. The molecule has 0 bridgehead atoms. The number of rotatable bonds is 37. The van der Waals surface area contributed by atoms with Gasteiger partial charge in [0, 0.05) is 26.0 Å². The zero-order valence-electron chi connectivity index (χ0n) is 41.6. The van der Waals surface area contributed by atoms with E-state index in [9.17, 15) is 19.5 Å². The Morgan fingerprint density at radius 3 is 1.55 bits per heavy atom. The predicted octanol–water partition coefficient (Wildman–Crippen LogP) is 14.0. The molecule has 0 fully saturated rings. The maximum absolute atomic E-state index is 12.5. The summed E-state index contributed by atoms with van der Waals surface area (Å²) in [6.07, 6.45) is 27.2. The Hall–Kier alpha value is -2.43. The minimum absolute atomic E-state index is 0.0214. The lowest BCUT2D eigenvalue weighted by Gasteiger charge is -2.19. The minimum atomic E-state index is -1.03. The normalized spacial score (nSPS) is 11.5. The molecule has 0 radical (unpaired) electrons. The third-order valence-electron chi connectivity index (χ3n) is 8.87. The van der Waals surface area contributed by atoms with Crippen molar-refractivity contribution in [3.05, 3.63) is 24.3 Å². The molecule has 0 heterocycles. The van der Waals surface area contributed by atoms with Crippen LogP contribution in [-0.2, 0) is 33.3 Å². The van der Waals surface area contributed by atoms with Gasteiger partial charge in [0.05, 0.1) is 18.9 Å². The van der Waals surface area contributed by atoms with Crippen LogP contribution < -0.4 is 0 Å². The third kappa shape index (κ3) is 55.6. The molecule has 0 aliphatic carbocycles. The quantitative estimate of drug-likeness (QED) is 0.0212. The van der Waals surface area contributed by atoms with Gasteiger partial charge in [0.1, 0.15) is 19.8 Å². The van der Waals surface area contributed by atoms with Crippen LogP contribution in [0.4, 0.5) is 4.79 Å². The molecule has 0 amide bonds. The molecule has 0 aliphatic rings. The molecule has 0 aliphatic heterocycles. The average molecular weight is 860 g/mol. The van der Waals surface area contributed by atoms with E-state index in [1.165, 1.54) is 44.9 Å². The van der Waals surface area contributed by atoms with E-state index in [-0.39, 0.29) is 45.2 Å². The van der Waals surface area contributed by atoms with Crippen LogP contribution in [0.2, 0.25) is 0 Å². The predicted molar refractivity (Wildman–Crippen MR) is 254 cm³/mol. The molecule has 0 rings (SSSR count). The van der Waals surface area contributed by atoms with Crippen molar-refractivity contribution < 1.29 is 43.2 Å². The summed E-state index contributed by atoms with van der Waals surface area (Å²) in [6, 6.07) is 0. The molecule has 360 valence electrons.